The monoisotopic (exact) mass is 434 g/mol. The number of amides is 2. The summed E-state index contributed by atoms with van der Waals surface area (Å²) in [5.74, 6) is 1.70. The van der Waals surface area contributed by atoms with Crippen LogP contribution in [0.15, 0.2) is 84.0 Å². The lowest BCUT2D eigenvalue weighted by atomic mass is 10.1. The molecule has 6 nitrogen and oxygen atoms in total. The van der Waals surface area contributed by atoms with Gasteiger partial charge in [0.15, 0.2) is 0 Å². The summed E-state index contributed by atoms with van der Waals surface area (Å²) in [6.07, 6.45) is 3.27. The quantitative estimate of drug-likeness (QED) is 0.512. The molecule has 1 aromatic heterocycles. The molecule has 158 valence electrons. The van der Waals surface area contributed by atoms with E-state index >= 15 is 0 Å². The van der Waals surface area contributed by atoms with E-state index in [1.807, 2.05) is 36.4 Å². The third-order valence-corrected chi connectivity index (χ3v) is 6.05. The number of thioether (sulfide) groups is 1. The number of hydrogen-bond donors (Lipinski definition) is 1. The van der Waals surface area contributed by atoms with Crippen LogP contribution in [0, 0.1) is 0 Å². The molecule has 2 amide bonds. The number of carbonyl (C=O) groups is 2. The molecule has 0 aliphatic carbocycles. The summed E-state index contributed by atoms with van der Waals surface area (Å²) in [5, 5.41) is 2.78. The second kappa shape index (κ2) is 9.57. The normalized spacial score (nSPS) is 15.7. The van der Waals surface area contributed by atoms with Crippen LogP contribution in [-0.4, -0.2) is 29.1 Å². The molecule has 0 unspecified atom stereocenters. The highest BCUT2D eigenvalue weighted by Gasteiger charge is 2.33. The SMILES string of the molecule is C=CCOc1cccc(NC(=O)c2ccc([C@H]3SCC(=O)N3Cc3ccco3)cc2)c1. The van der Waals surface area contributed by atoms with Crippen molar-refractivity contribution in [2.45, 2.75) is 11.9 Å². The van der Waals surface area contributed by atoms with Gasteiger partial charge in [0.1, 0.15) is 23.5 Å². The van der Waals surface area contributed by atoms with Gasteiger partial charge in [-0.05, 0) is 42.0 Å². The Bertz CT molecular complexity index is 1060. The molecule has 1 atom stereocenters. The van der Waals surface area contributed by atoms with Gasteiger partial charge in [0.25, 0.3) is 5.91 Å². The Labute approximate surface area is 184 Å². The minimum atomic E-state index is -0.213. The van der Waals surface area contributed by atoms with Gasteiger partial charge in [-0.25, -0.2) is 0 Å². The largest absolute Gasteiger partial charge is 0.489 e. The van der Waals surface area contributed by atoms with Crippen molar-refractivity contribution in [2.75, 3.05) is 17.7 Å². The predicted molar refractivity (Wildman–Crippen MR) is 121 cm³/mol. The molecule has 2 aromatic carbocycles. The standard InChI is InChI=1S/C24H22N2O4S/c1-2-12-29-20-6-3-5-19(14-20)25-23(28)17-8-10-18(11-9-17)24-26(22(27)16-31-24)15-21-7-4-13-30-21/h2-11,13-14,24H,1,12,15-16H2,(H,25,28)/t24-/m1/s1. The van der Waals surface area contributed by atoms with Gasteiger partial charge in [-0.1, -0.05) is 30.9 Å². The fourth-order valence-electron chi connectivity index (χ4n) is 3.29. The summed E-state index contributed by atoms with van der Waals surface area (Å²) in [6.45, 7) is 4.45. The topological polar surface area (TPSA) is 71.8 Å². The number of nitrogens with one attached hydrogen (secondary N) is 1. The average Bonchev–Trinajstić information content (AvgIpc) is 3.43. The highest BCUT2D eigenvalue weighted by atomic mass is 32.2. The van der Waals surface area contributed by atoms with E-state index in [0.717, 1.165) is 11.3 Å². The summed E-state index contributed by atoms with van der Waals surface area (Å²) < 4.78 is 10.9. The molecule has 0 radical (unpaired) electrons. The molecule has 1 aliphatic rings. The molecule has 1 aliphatic heterocycles. The lowest BCUT2D eigenvalue weighted by Gasteiger charge is -2.23. The number of benzene rings is 2. The highest BCUT2D eigenvalue weighted by molar-refractivity contribution is 8.00. The fourth-order valence-corrected chi connectivity index (χ4v) is 4.48. The Hall–Kier alpha value is -3.45. The van der Waals surface area contributed by atoms with Crippen LogP contribution < -0.4 is 10.1 Å². The van der Waals surface area contributed by atoms with Crippen molar-refractivity contribution in [3.8, 4) is 5.75 Å². The van der Waals surface area contributed by atoms with Crippen molar-refractivity contribution >= 4 is 29.3 Å². The number of rotatable bonds is 8. The number of anilines is 1. The van der Waals surface area contributed by atoms with Crippen LogP contribution in [0.1, 0.15) is 27.1 Å². The molecule has 1 saturated heterocycles. The molecule has 4 rings (SSSR count). The molecule has 0 spiro atoms. The van der Waals surface area contributed by atoms with Crippen LogP contribution in [0.3, 0.4) is 0 Å². The van der Waals surface area contributed by atoms with Gasteiger partial charge in [-0.3, -0.25) is 9.59 Å². The van der Waals surface area contributed by atoms with Gasteiger partial charge >= 0.3 is 0 Å². The van der Waals surface area contributed by atoms with Crippen molar-refractivity contribution in [1.29, 1.82) is 0 Å². The van der Waals surface area contributed by atoms with Crippen molar-refractivity contribution in [3.05, 3.63) is 96.5 Å². The molecule has 0 bridgehead atoms. The number of hydrogen-bond acceptors (Lipinski definition) is 5. The molecule has 3 aromatic rings. The van der Waals surface area contributed by atoms with Crippen LogP contribution >= 0.6 is 11.8 Å². The van der Waals surface area contributed by atoms with Gasteiger partial charge in [0.2, 0.25) is 5.91 Å². The lowest BCUT2D eigenvalue weighted by molar-refractivity contribution is -0.128. The maximum atomic E-state index is 12.6. The third kappa shape index (κ3) is 5.00. The molecule has 1 fully saturated rings. The van der Waals surface area contributed by atoms with Gasteiger partial charge < -0.3 is 19.4 Å². The molecule has 7 heteroatoms. The Morgan fingerprint density at radius 2 is 2.06 bits per heavy atom. The number of carbonyl (C=O) groups excluding carboxylic acids is 2. The van der Waals surface area contributed by atoms with E-state index in [4.69, 9.17) is 9.15 Å². The molecule has 2 heterocycles. The van der Waals surface area contributed by atoms with Gasteiger partial charge in [-0.2, -0.15) is 0 Å². The van der Waals surface area contributed by atoms with E-state index in [9.17, 15) is 9.59 Å². The van der Waals surface area contributed by atoms with Crippen molar-refractivity contribution in [1.82, 2.24) is 4.90 Å². The Morgan fingerprint density at radius 3 is 2.81 bits per heavy atom. The van der Waals surface area contributed by atoms with Crippen LogP contribution in [0.2, 0.25) is 0 Å². The Kier molecular flexibility index (Phi) is 6.43. The fraction of sp³-hybridized carbons (Fsp3) is 0.167. The van der Waals surface area contributed by atoms with Crippen molar-refractivity contribution in [2.24, 2.45) is 0 Å². The summed E-state index contributed by atoms with van der Waals surface area (Å²) in [4.78, 5) is 26.8. The molecule has 0 saturated carbocycles. The first-order chi connectivity index (χ1) is 15.1. The van der Waals surface area contributed by atoms with Crippen LogP contribution in [0.5, 0.6) is 5.75 Å². The lowest BCUT2D eigenvalue weighted by Crippen LogP contribution is -2.27. The Balaban J connectivity index is 1.43. The molecular formula is C24H22N2O4S. The van der Waals surface area contributed by atoms with Crippen LogP contribution in [0.25, 0.3) is 0 Å². The van der Waals surface area contributed by atoms with E-state index in [1.165, 1.54) is 0 Å². The van der Waals surface area contributed by atoms with Gasteiger partial charge in [0, 0.05) is 17.3 Å². The smallest absolute Gasteiger partial charge is 0.255 e. The van der Waals surface area contributed by atoms with Crippen LogP contribution in [0.4, 0.5) is 5.69 Å². The minimum Gasteiger partial charge on any atom is -0.489 e. The summed E-state index contributed by atoms with van der Waals surface area (Å²) in [7, 11) is 0. The van der Waals surface area contributed by atoms with E-state index in [1.54, 1.807) is 53.3 Å². The zero-order valence-electron chi connectivity index (χ0n) is 16.8. The maximum absolute atomic E-state index is 12.6. The molecule has 31 heavy (non-hydrogen) atoms. The summed E-state index contributed by atoms with van der Waals surface area (Å²) in [6, 6.07) is 18.2. The van der Waals surface area contributed by atoms with E-state index < -0.39 is 0 Å². The number of nitrogens with zero attached hydrogens (tertiary/aromatic N) is 1. The summed E-state index contributed by atoms with van der Waals surface area (Å²) >= 11 is 1.57. The second-order valence-electron chi connectivity index (χ2n) is 6.97. The molecule has 1 N–H and O–H groups in total. The predicted octanol–water partition coefficient (Wildman–Crippen LogP) is 4.87. The minimum absolute atomic E-state index is 0.0757. The van der Waals surface area contributed by atoms with Gasteiger partial charge in [-0.15, -0.1) is 11.8 Å². The Morgan fingerprint density at radius 1 is 1.23 bits per heavy atom. The first-order valence-corrected chi connectivity index (χ1v) is 10.9. The average molecular weight is 435 g/mol. The molecular weight excluding hydrogens is 412 g/mol. The van der Waals surface area contributed by atoms with Crippen molar-refractivity contribution < 1.29 is 18.7 Å². The highest BCUT2D eigenvalue weighted by Crippen LogP contribution is 2.39. The van der Waals surface area contributed by atoms with Crippen molar-refractivity contribution in [3.63, 3.8) is 0 Å². The first-order valence-electron chi connectivity index (χ1n) is 9.82. The van der Waals surface area contributed by atoms with E-state index in [2.05, 4.69) is 11.9 Å². The van der Waals surface area contributed by atoms with Gasteiger partial charge in [0.05, 0.1) is 18.6 Å². The van der Waals surface area contributed by atoms with Crippen LogP contribution in [-0.2, 0) is 11.3 Å². The summed E-state index contributed by atoms with van der Waals surface area (Å²) in [5.41, 5.74) is 2.16. The van der Waals surface area contributed by atoms with E-state index in [-0.39, 0.29) is 17.2 Å². The number of furan rings is 1. The maximum Gasteiger partial charge on any atom is 0.255 e. The zero-order valence-corrected chi connectivity index (χ0v) is 17.6. The van der Waals surface area contributed by atoms with E-state index in [0.29, 0.717) is 35.9 Å². The first kappa shape index (κ1) is 20.8. The zero-order chi connectivity index (χ0) is 21.6. The second-order valence-corrected chi connectivity index (χ2v) is 8.04. The third-order valence-electron chi connectivity index (χ3n) is 4.79. The number of ether oxygens (including phenoxy) is 1.